The number of aliphatic hydroxyl groups excluding tert-OH is 1. The minimum atomic E-state index is -1.08. The van der Waals surface area contributed by atoms with Gasteiger partial charge in [0.1, 0.15) is 12.1 Å². The molecule has 0 spiro atoms. The molecule has 35 heavy (non-hydrogen) atoms. The normalized spacial score (nSPS) is 12.2. The summed E-state index contributed by atoms with van der Waals surface area (Å²) >= 11 is 0. The first-order chi connectivity index (χ1) is 16.9. The first-order valence-electron chi connectivity index (χ1n) is 11.4. The summed E-state index contributed by atoms with van der Waals surface area (Å²) in [5, 5.41) is 14.3. The Balaban J connectivity index is 2.17. The SMILES string of the molecule is COC(=O)CC[C@H](NC(=O)[C@H](Cc1ccccc1)NC(=O)c1ccc(CCCO)cc1)C(=O)OC. The van der Waals surface area contributed by atoms with Gasteiger partial charge in [0.25, 0.3) is 5.91 Å². The Kier molecular flexibility index (Phi) is 11.4. The van der Waals surface area contributed by atoms with E-state index in [1.165, 1.54) is 14.2 Å². The average Bonchev–Trinajstić information content (AvgIpc) is 2.89. The highest BCUT2D eigenvalue weighted by molar-refractivity contribution is 5.98. The van der Waals surface area contributed by atoms with Crippen LogP contribution >= 0.6 is 0 Å². The Labute approximate surface area is 204 Å². The van der Waals surface area contributed by atoms with Crippen LogP contribution in [0.1, 0.15) is 40.7 Å². The van der Waals surface area contributed by atoms with Crippen LogP contribution in [0, 0.1) is 0 Å². The number of rotatable bonds is 13. The van der Waals surface area contributed by atoms with E-state index in [9.17, 15) is 19.2 Å². The summed E-state index contributed by atoms with van der Waals surface area (Å²) in [7, 11) is 2.42. The number of aryl methyl sites for hydroxylation is 1. The molecule has 0 saturated carbocycles. The van der Waals surface area contributed by atoms with Crippen molar-refractivity contribution >= 4 is 23.8 Å². The summed E-state index contributed by atoms with van der Waals surface area (Å²) in [5.74, 6) is -2.25. The number of hydrogen-bond donors (Lipinski definition) is 3. The molecule has 0 aromatic heterocycles. The minimum Gasteiger partial charge on any atom is -0.469 e. The smallest absolute Gasteiger partial charge is 0.328 e. The first-order valence-corrected chi connectivity index (χ1v) is 11.4. The topological polar surface area (TPSA) is 131 Å². The Morgan fingerprint density at radius 1 is 0.857 bits per heavy atom. The second-order valence-corrected chi connectivity index (χ2v) is 7.94. The zero-order valence-electron chi connectivity index (χ0n) is 20.0. The molecule has 9 nitrogen and oxygen atoms in total. The lowest BCUT2D eigenvalue weighted by Crippen LogP contribution is -2.52. The van der Waals surface area contributed by atoms with Gasteiger partial charge in [0.2, 0.25) is 5.91 Å². The van der Waals surface area contributed by atoms with Gasteiger partial charge in [0.05, 0.1) is 14.2 Å². The van der Waals surface area contributed by atoms with Crippen molar-refractivity contribution in [1.29, 1.82) is 0 Å². The van der Waals surface area contributed by atoms with Gasteiger partial charge in [0, 0.05) is 25.0 Å². The fraction of sp³-hybridized carbons (Fsp3) is 0.385. The molecular weight excluding hydrogens is 452 g/mol. The van der Waals surface area contributed by atoms with E-state index in [2.05, 4.69) is 15.4 Å². The quantitative estimate of drug-likeness (QED) is 0.368. The third-order valence-electron chi connectivity index (χ3n) is 5.41. The van der Waals surface area contributed by atoms with Gasteiger partial charge in [-0.1, -0.05) is 42.5 Å². The first kappa shape index (κ1) is 27.5. The summed E-state index contributed by atoms with van der Waals surface area (Å²) < 4.78 is 9.36. The lowest BCUT2D eigenvalue weighted by atomic mass is 10.0. The van der Waals surface area contributed by atoms with Crippen LogP contribution in [0.15, 0.2) is 54.6 Å². The Hall–Kier alpha value is -3.72. The van der Waals surface area contributed by atoms with Crippen molar-refractivity contribution in [3.63, 3.8) is 0 Å². The molecular formula is C26H32N2O7. The molecule has 3 N–H and O–H groups in total. The van der Waals surface area contributed by atoms with E-state index in [4.69, 9.17) is 9.84 Å². The Morgan fingerprint density at radius 3 is 2.14 bits per heavy atom. The molecule has 2 aromatic carbocycles. The number of benzene rings is 2. The molecule has 0 heterocycles. The van der Waals surface area contributed by atoms with Gasteiger partial charge >= 0.3 is 11.9 Å². The Morgan fingerprint density at radius 2 is 1.54 bits per heavy atom. The maximum absolute atomic E-state index is 13.2. The van der Waals surface area contributed by atoms with Gasteiger partial charge in [-0.2, -0.15) is 0 Å². The largest absolute Gasteiger partial charge is 0.469 e. The molecule has 0 aliphatic heterocycles. The molecule has 2 aromatic rings. The summed E-state index contributed by atoms with van der Waals surface area (Å²) in [6.45, 7) is 0.0880. The standard InChI is InChI=1S/C26H32N2O7/c1-34-23(30)15-14-21(26(33)35-2)27-25(32)22(17-19-7-4-3-5-8-19)28-24(31)20-12-10-18(11-13-20)9-6-16-29/h3-5,7-8,10-13,21-22,29H,6,9,14-17H2,1-2H3,(H,27,32)(H,28,31)/t21-,22-/m0/s1. The van der Waals surface area contributed by atoms with Gasteiger partial charge in [-0.15, -0.1) is 0 Å². The van der Waals surface area contributed by atoms with Crippen LogP contribution in [-0.4, -0.2) is 61.8 Å². The Bertz CT molecular complexity index is 977. The molecule has 0 saturated heterocycles. The molecule has 0 fully saturated rings. The molecule has 0 unspecified atom stereocenters. The van der Waals surface area contributed by atoms with Crippen LogP contribution in [0.5, 0.6) is 0 Å². The van der Waals surface area contributed by atoms with Crippen LogP contribution in [0.25, 0.3) is 0 Å². The molecule has 9 heteroatoms. The molecule has 2 rings (SSSR count). The fourth-order valence-corrected chi connectivity index (χ4v) is 3.43. The van der Waals surface area contributed by atoms with Crippen LogP contribution in [-0.2, 0) is 36.7 Å². The number of nitrogens with one attached hydrogen (secondary N) is 2. The van der Waals surface area contributed by atoms with E-state index < -0.39 is 35.8 Å². The highest BCUT2D eigenvalue weighted by Gasteiger charge is 2.28. The van der Waals surface area contributed by atoms with Crippen molar-refractivity contribution in [2.24, 2.45) is 0 Å². The van der Waals surface area contributed by atoms with Gasteiger partial charge < -0.3 is 25.2 Å². The van der Waals surface area contributed by atoms with E-state index in [1.807, 2.05) is 30.3 Å². The van der Waals surface area contributed by atoms with Gasteiger partial charge in [-0.3, -0.25) is 14.4 Å². The number of hydrogen-bond acceptors (Lipinski definition) is 7. The van der Waals surface area contributed by atoms with Crippen molar-refractivity contribution in [3.8, 4) is 0 Å². The maximum atomic E-state index is 13.2. The lowest BCUT2D eigenvalue weighted by Gasteiger charge is -2.22. The third-order valence-corrected chi connectivity index (χ3v) is 5.41. The number of ether oxygens (including phenoxy) is 2. The van der Waals surface area contributed by atoms with Crippen LogP contribution < -0.4 is 10.6 Å². The predicted octanol–water partition coefficient (Wildman–Crippen LogP) is 1.56. The third kappa shape index (κ3) is 9.21. The highest BCUT2D eigenvalue weighted by atomic mass is 16.5. The number of methoxy groups -OCH3 is 2. The second kappa shape index (κ2) is 14.5. The van der Waals surface area contributed by atoms with Crippen LogP contribution in [0.4, 0.5) is 0 Å². The maximum Gasteiger partial charge on any atom is 0.328 e. The number of esters is 2. The van der Waals surface area contributed by atoms with Crippen LogP contribution in [0.2, 0.25) is 0 Å². The summed E-state index contributed by atoms with van der Waals surface area (Å²) in [6, 6.07) is 14.0. The van der Waals surface area contributed by atoms with E-state index >= 15 is 0 Å². The lowest BCUT2D eigenvalue weighted by molar-refractivity contribution is -0.146. The highest BCUT2D eigenvalue weighted by Crippen LogP contribution is 2.10. The van der Waals surface area contributed by atoms with Gasteiger partial charge in [0.15, 0.2) is 0 Å². The van der Waals surface area contributed by atoms with E-state index in [0.29, 0.717) is 18.4 Å². The molecule has 0 bridgehead atoms. The number of amides is 2. The summed E-state index contributed by atoms with van der Waals surface area (Å²) in [6.07, 6.45) is 1.42. The molecule has 2 amide bonds. The number of aliphatic hydroxyl groups is 1. The zero-order chi connectivity index (χ0) is 25.6. The van der Waals surface area contributed by atoms with Gasteiger partial charge in [-0.25, -0.2) is 4.79 Å². The molecule has 2 atom stereocenters. The molecule has 0 radical (unpaired) electrons. The predicted molar refractivity (Wildman–Crippen MR) is 128 cm³/mol. The van der Waals surface area contributed by atoms with E-state index in [0.717, 1.165) is 11.1 Å². The van der Waals surface area contributed by atoms with Crippen molar-refractivity contribution in [1.82, 2.24) is 10.6 Å². The minimum absolute atomic E-state index is 0.00755. The zero-order valence-corrected chi connectivity index (χ0v) is 20.0. The molecule has 188 valence electrons. The molecule has 0 aliphatic carbocycles. The second-order valence-electron chi connectivity index (χ2n) is 7.94. The van der Waals surface area contributed by atoms with Gasteiger partial charge in [-0.05, 0) is 42.5 Å². The number of carbonyl (C=O) groups is 4. The number of carbonyl (C=O) groups excluding carboxylic acids is 4. The average molecular weight is 485 g/mol. The molecule has 0 aliphatic rings. The summed E-state index contributed by atoms with van der Waals surface area (Å²) in [5.41, 5.74) is 2.18. The van der Waals surface area contributed by atoms with Crippen molar-refractivity contribution in [2.75, 3.05) is 20.8 Å². The van der Waals surface area contributed by atoms with E-state index in [1.54, 1.807) is 24.3 Å². The fourth-order valence-electron chi connectivity index (χ4n) is 3.43. The summed E-state index contributed by atoms with van der Waals surface area (Å²) in [4.78, 5) is 49.8. The van der Waals surface area contributed by atoms with Crippen molar-refractivity contribution < 1.29 is 33.8 Å². The van der Waals surface area contributed by atoms with Crippen molar-refractivity contribution in [3.05, 3.63) is 71.3 Å². The van der Waals surface area contributed by atoms with Crippen molar-refractivity contribution in [2.45, 2.75) is 44.2 Å². The van der Waals surface area contributed by atoms with Crippen LogP contribution in [0.3, 0.4) is 0 Å². The van der Waals surface area contributed by atoms with E-state index in [-0.39, 0.29) is 25.9 Å². The monoisotopic (exact) mass is 484 g/mol.